The van der Waals surface area contributed by atoms with Crippen LogP contribution < -0.4 is 0 Å². The van der Waals surface area contributed by atoms with E-state index in [9.17, 15) is 4.79 Å². The predicted molar refractivity (Wildman–Crippen MR) is 71.0 cm³/mol. The normalized spacial score (nSPS) is 25.3. The molecule has 2 unspecified atom stereocenters. The van der Waals surface area contributed by atoms with Gasteiger partial charge in [0.05, 0.1) is 18.8 Å². The predicted octanol–water partition coefficient (Wildman–Crippen LogP) is 1.92. The van der Waals surface area contributed by atoms with E-state index in [1.807, 2.05) is 19.9 Å². The van der Waals surface area contributed by atoms with Gasteiger partial charge in [-0.3, -0.25) is 9.69 Å². The Morgan fingerprint density at radius 1 is 1.39 bits per heavy atom. The van der Waals surface area contributed by atoms with Crippen LogP contribution in [0.1, 0.15) is 35.6 Å². The number of carbonyl (C=O) groups is 1. The van der Waals surface area contributed by atoms with Gasteiger partial charge in [-0.2, -0.15) is 0 Å². The number of aromatic amines is 1. The number of rotatable bonds is 3. The van der Waals surface area contributed by atoms with Gasteiger partial charge in [0.15, 0.2) is 5.78 Å². The molecule has 0 bridgehead atoms. The standard InChI is InChI=1S/C14H22N2O2/c1-9-5-13(12(4)15-9)14(17)8-16-6-10(2)18-11(3)7-16/h5,10-11,15H,6-8H2,1-4H3. The molecule has 0 saturated carbocycles. The van der Waals surface area contributed by atoms with Crippen LogP contribution in [0.25, 0.3) is 0 Å². The fourth-order valence-electron chi connectivity index (χ4n) is 2.72. The van der Waals surface area contributed by atoms with Gasteiger partial charge < -0.3 is 9.72 Å². The lowest BCUT2D eigenvalue weighted by molar-refractivity contribution is -0.0652. The van der Waals surface area contributed by atoms with E-state index < -0.39 is 0 Å². The summed E-state index contributed by atoms with van der Waals surface area (Å²) in [4.78, 5) is 17.6. The summed E-state index contributed by atoms with van der Waals surface area (Å²) in [6.07, 6.45) is 0.409. The quantitative estimate of drug-likeness (QED) is 0.834. The second-order valence-corrected chi connectivity index (χ2v) is 5.37. The van der Waals surface area contributed by atoms with Gasteiger partial charge in [-0.25, -0.2) is 0 Å². The molecule has 4 heteroatoms. The molecule has 1 aromatic heterocycles. The molecule has 1 aromatic rings. The fourth-order valence-corrected chi connectivity index (χ4v) is 2.72. The number of ketones is 1. The van der Waals surface area contributed by atoms with Gasteiger partial charge in [-0.15, -0.1) is 0 Å². The number of nitrogens with one attached hydrogen (secondary N) is 1. The Morgan fingerprint density at radius 2 is 2.00 bits per heavy atom. The first-order valence-electron chi connectivity index (χ1n) is 6.53. The van der Waals surface area contributed by atoms with E-state index in [0.717, 1.165) is 30.0 Å². The Balaban J connectivity index is 2.01. The van der Waals surface area contributed by atoms with Gasteiger partial charge in [0, 0.05) is 30.0 Å². The molecule has 0 radical (unpaired) electrons. The Hall–Kier alpha value is -1.13. The molecule has 1 fully saturated rings. The topological polar surface area (TPSA) is 45.3 Å². The third kappa shape index (κ3) is 3.00. The molecule has 4 nitrogen and oxygen atoms in total. The van der Waals surface area contributed by atoms with Crippen molar-refractivity contribution in [3.05, 3.63) is 23.0 Å². The molecular weight excluding hydrogens is 228 g/mol. The van der Waals surface area contributed by atoms with Crippen molar-refractivity contribution in [1.29, 1.82) is 0 Å². The highest BCUT2D eigenvalue weighted by atomic mass is 16.5. The maximum atomic E-state index is 12.3. The molecule has 1 aliphatic rings. The minimum atomic E-state index is 0.193. The number of ether oxygens (including phenoxy) is 1. The lowest BCUT2D eigenvalue weighted by atomic mass is 10.1. The lowest BCUT2D eigenvalue weighted by Gasteiger charge is -2.34. The molecule has 1 saturated heterocycles. The van der Waals surface area contributed by atoms with Crippen LogP contribution in [-0.2, 0) is 4.74 Å². The van der Waals surface area contributed by atoms with Gasteiger partial charge in [0.1, 0.15) is 0 Å². The van der Waals surface area contributed by atoms with E-state index in [2.05, 4.69) is 23.7 Å². The third-order valence-electron chi connectivity index (χ3n) is 3.31. The minimum absolute atomic E-state index is 0.193. The number of Topliss-reactive ketones (excluding diaryl/α,β-unsaturated/α-hetero) is 1. The minimum Gasteiger partial charge on any atom is -0.373 e. The molecular formula is C14H22N2O2. The molecule has 1 N–H and O–H groups in total. The van der Waals surface area contributed by atoms with Crippen molar-refractivity contribution in [2.45, 2.75) is 39.9 Å². The molecule has 18 heavy (non-hydrogen) atoms. The maximum absolute atomic E-state index is 12.3. The van der Waals surface area contributed by atoms with E-state index in [1.165, 1.54) is 0 Å². The van der Waals surface area contributed by atoms with Crippen molar-refractivity contribution >= 4 is 5.78 Å². The monoisotopic (exact) mass is 250 g/mol. The first kappa shape index (κ1) is 13.3. The van der Waals surface area contributed by atoms with Gasteiger partial charge in [-0.05, 0) is 33.8 Å². The summed E-state index contributed by atoms with van der Waals surface area (Å²) in [6.45, 7) is 10.2. The van der Waals surface area contributed by atoms with Crippen molar-refractivity contribution in [2.75, 3.05) is 19.6 Å². The number of morpholine rings is 1. The zero-order valence-electron chi connectivity index (χ0n) is 11.6. The van der Waals surface area contributed by atoms with Gasteiger partial charge >= 0.3 is 0 Å². The number of hydrogen-bond donors (Lipinski definition) is 1. The van der Waals surface area contributed by atoms with Gasteiger partial charge in [-0.1, -0.05) is 0 Å². The molecule has 2 heterocycles. The molecule has 0 spiro atoms. The molecule has 0 aromatic carbocycles. The number of aromatic nitrogens is 1. The number of hydrogen-bond acceptors (Lipinski definition) is 3. The Morgan fingerprint density at radius 3 is 2.50 bits per heavy atom. The summed E-state index contributed by atoms with van der Waals surface area (Å²) in [6, 6.07) is 1.94. The zero-order chi connectivity index (χ0) is 13.3. The molecule has 2 rings (SSSR count). The van der Waals surface area contributed by atoms with E-state index in [1.54, 1.807) is 0 Å². The molecule has 2 atom stereocenters. The van der Waals surface area contributed by atoms with Crippen LogP contribution in [0.15, 0.2) is 6.07 Å². The maximum Gasteiger partial charge on any atom is 0.178 e. The van der Waals surface area contributed by atoms with Crippen LogP contribution in [-0.4, -0.2) is 47.5 Å². The van der Waals surface area contributed by atoms with Crippen molar-refractivity contribution in [3.8, 4) is 0 Å². The van der Waals surface area contributed by atoms with Crippen LogP contribution >= 0.6 is 0 Å². The van der Waals surface area contributed by atoms with Crippen molar-refractivity contribution in [3.63, 3.8) is 0 Å². The average molecular weight is 250 g/mol. The molecule has 0 amide bonds. The van der Waals surface area contributed by atoms with Crippen LogP contribution in [0, 0.1) is 13.8 Å². The first-order valence-corrected chi connectivity index (χ1v) is 6.53. The van der Waals surface area contributed by atoms with Crippen molar-refractivity contribution in [2.24, 2.45) is 0 Å². The van der Waals surface area contributed by atoms with E-state index in [0.29, 0.717) is 6.54 Å². The van der Waals surface area contributed by atoms with E-state index in [-0.39, 0.29) is 18.0 Å². The Kier molecular flexibility index (Phi) is 3.88. The second kappa shape index (κ2) is 5.24. The number of aryl methyl sites for hydroxylation is 2. The summed E-state index contributed by atoms with van der Waals surface area (Å²) in [7, 11) is 0. The highest BCUT2D eigenvalue weighted by molar-refractivity contribution is 5.98. The Labute approximate surface area is 108 Å². The summed E-state index contributed by atoms with van der Waals surface area (Å²) >= 11 is 0. The SMILES string of the molecule is Cc1cc(C(=O)CN2CC(C)OC(C)C2)c(C)[nH]1. The summed E-state index contributed by atoms with van der Waals surface area (Å²) in [5.74, 6) is 0.193. The van der Waals surface area contributed by atoms with E-state index >= 15 is 0 Å². The highest BCUT2D eigenvalue weighted by Crippen LogP contribution is 2.14. The average Bonchev–Trinajstić information content (AvgIpc) is 2.56. The lowest BCUT2D eigenvalue weighted by Crippen LogP contribution is -2.47. The summed E-state index contributed by atoms with van der Waals surface area (Å²) in [5, 5.41) is 0. The number of carbonyl (C=O) groups excluding carboxylic acids is 1. The second-order valence-electron chi connectivity index (χ2n) is 5.37. The Bertz CT molecular complexity index is 429. The van der Waals surface area contributed by atoms with Crippen LogP contribution in [0.5, 0.6) is 0 Å². The fraction of sp³-hybridized carbons (Fsp3) is 0.643. The van der Waals surface area contributed by atoms with Crippen LogP contribution in [0.4, 0.5) is 0 Å². The van der Waals surface area contributed by atoms with Crippen LogP contribution in [0.3, 0.4) is 0 Å². The molecule has 1 aliphatic heterocycles. The summed E-state index contributed by atoms with van der Waals surface area (Å²) < 4.78 is 5.67. The van der Waals surface area contributed by atoms with Crippen molar-refractivity contribution < 1.29 is 9.53 Å². The van der Waals surface area contributed by atoms with E-state index in [4.69, 9.17) is 4.74 Å². The zero-order valence-corrected chi connectivity index (χ0v) is 11.6. The van der Waals surface area contributed by atoms with Crippen LogP contribution in [0.2, 0.25) is 0 Å². The van der Waals surface area contributed by atoms with Gasteiger partial charge in [0.2, 0.25) is 0 Å². The number of H-pyrrole nitrogens is 1. The first-order chi connectivity index (χ1) is 8.45. The smallest absolute Gasteiger partial charge is 0.178 e. The highest BCUT2D eigenvalue weighted by Gasteiger charge is 2.24. The van der Waals surface area contributed by atoms with Gasteiger partial charge in [0.25, 0.3) is 0 Å². The molecule has 0 aliphatic carbocycles. The van der Waals surface area contributed by atoms with Crippen molar-refractivity contribution in [1.82, 2.24) is 9.88 Å². The largest absolute Gasteiger partial charge is 0.373 e. The third-order valence-corrected chi connectivity index (χ3v) is 3.31. The summed E-state index contributed by atoms with van der Waals surface area (Å²) in [5.41, 5.74) is 2.82. The molecule has 100 valence electrons. The number of nitrogens with zero attached hydrogens (tertiary/aromatic N) is 1.